The van der Waals surface area contributed by atoms with Crippen LogP contribution in [0.15, 0.2) is 5.38 Å². The van der Waals surface area contributed by atoms with E-state index in [4.69, 9.17) is 4.74 Å². The van der Waals surface area contributed by atoms with E-state index in [2.05, 4.69) is 27.5 Å². The second kappa shape index (κ2) is 7.28. The van der Waals surface area contributed by atoms with Crippen molar-refractivity contribution in [3.63, 3.8) is 0 Å². The predicted octanol–water partition coefficient (Wildman–Crippen LogP) is 1.51. The van der Waals surface area contributed by atoms with Gasteiger partial charge in [0.05, 0.1) is 12.3 Å². The quantitative estimate of drug-likeness (QED) is 0.905. The summed E-state index contributed by atoms with van der Waals surface area (Å²) in [7, 11) is 1.71. The Balaban J connectivity index is 0.00000144. The minimum Gasteiger partial charge on any atom is -0.378 e. The Hall–Kier alpha value is -0.200. The minimum absolute atomic E-state index is 0. The number of piperazine rings is 1. The van der Waals surface area contributed by atoms with Crippen molar-refractivity contribution in [1.82, 2.24) is 15.2 Å². The van der Waals surface area contributed by atoms with Crippen LogP contribution in [-0.4, -0.2) is 42.7 Å². The lowest BCUT2D eigenvalue weighted by Gasteiger charge is -2.31. The fourth-order valence-corrected chi connectivity index (χ4v) is 2.75. The molecule has 1 fully saturated rings. The van der Waals surface area contributed by atoms with Gasteiger partial charge in [0.2, 0.25) is 0 Å². The number of hydrogen-bond acceptors (Lipinski definition) is 5. The molecular weight excluding hydrogens is 258 g/mol. The summed E-state index contributed by atoms with van der Waals surface area (Å²) in [6.07, 6.45) is 0. The summed E-state index contributed by atoms with van der Waals surface area (Å²) in [5, 5.41) is 6.65. The summed E-state index contributed by atoms with van der Waals surface area (Å²) in [6, 6.07) is 0.589. The van der Waals surface area contributed by atoms with Crippen LogP contribution in [0.1, 0.15) is 17.6 Å². The van der Waals surface area contributed by atoms with E-state index in [0.29, 0.717) is 12.6 Å². The van der Waals surface area contributed by atoms with Gasteiger partial charge in [0, 0.05) is 44.7 Å². The number of rotatable bonds is 4. The monoisotopic (exact) mass is 277 g/mol. The number of methoxy groups -OCH3 is 1. The van der Waals surface area contributed by atoms with Crippen molar-refractivity contribution in [3.05, 3.63) is 16.1 Å². The van der Waals surface area contributed by atoms with Crippen LogP contribution in [0.2, 0.25) is 0 Å². The normalized spacial score (nSPS) is 21.2. The maximum atomic E-state index is 5.07. The Labute approximate surface area is 113 Å². The summed E-state index contributed by atoms with van der Waals surface area (Å²) < 4.78 is 5.07. The molecule has 1 aliphatic rings. The third kappa shape index (κ3) is 4.52. The Morgan fingerprint density at radius 3 is 3.18 bits per heavy atom. The molecule has 98 valence electrons. The fraction of sp³-hybridized carbons (Fsp3) is 0.727. The first kappa shape index (κ1) is 14.9. The van der Waals surface area contributed by atoms with Gasteiger partial charge in [0.25, 0.3) is 0 Å². The van der Waals surface area contributed by atoms with E-state index < -0.39 is 0 Å². The molecule has 0 bridgehead atoms. The van der Waals surface area contributed by atoms with Gasteiger partial charge in [-0.3, -0.25) is 4.90 Å². The number of halogens is 1. The van der Waals surface area contributed by atoms with E-state index in [1.54, 1.807) is 18.4 Å². The highest BCUT2D eigenvalue weighted by Gasteiger charge is 2.16. The molecule has 0 radical (unpaired) electrons. The van der Waals surface area contributed by atoms with Gasteiger partial charge in [-0.05, 0) is 6.92 Å². The number of ether oxygens (including phenoxy) is 1. The molecule has 6 heteroatoms. The Kier molecular flexibility index (Phi) is 6.37. The second-order valence-corrected chi connectivity index (χ2v) is 5.20. The van der Waals surface area contributed by atoms with E-state index in [0.717, 1.165) is 31.2 Å². The zero-order valence-corrected chi connectivity index (χ0v) is 11.9. The highest BCUT2D eigenvalue weighted by molar-refractivity contribution is 7.09. The van der Waals surface area contributed by atoms with Gasteiger partial charge in [-0.15, -0.1) is 23.7 Å². The largest absolute Gasteiger partial charge is 0.378 e. The predicted molar refractivity (Wildman–Crippen MR) is 72.8 cm³/mol. The first-order valence-corrected chi connectivity index (χ1v) is 6.54. The Bertz CT molecular complexity index is 334. The van der Waals surface area contributed by atoms with Crippen LogP contribution in [-0.2, 0) is 17.9 Å². The average molecular weight is 278 g/mol. The van der Waals surface area contributed by atoms with Gasteiger partial charge in [-0.2, -0.15) is 0 Å². The molecule has 1 saturated heterocycles. The lowest BCUT2D eigenvalue weighted by Crippen LogP contribution is -2.48. The molecule has 0 aromatic carbocycles. The average Bonchev–Trinajstić information content (AvgIpc) is 2.66. The molecule has 1 N–H and O–H groups in total. The summed E-state index contributed by atoms with van der Waals surface area (Å²) in [4.78, 5) is 7.00. The second-order valence-electron chi connectivity index (χ2n) is 4.26. The van der Waals surface area contributed by atoms with Crippen LogP contribution < -0.4 is 5.32 Å². The number of nitrogens with one attached hydrogen (secondary N) is 1. The molecule has 17 heavy (non-hydrogen) atoms. The maximum absolute atomic E-state index is 5.07. The smallest absolute Gasteiger partial charge is 0.119 e. The highest BCUT2D eigenvalue weighted by atomic mass is 35.5. The van der Waals surface area contributed by atoms with Crippen molar-refractivity contribution in [2.24, 2.45) is 0 Å². The summed E-state index contributed by atoms with van der Waals surface area (Å²) >= 11 is 1.69. The summed E-state index contributed by atoms with van der Waals surface area (Å²) in [5.74, 6) is 0. The fourth-order valence-electron chi connectivity index (χ4n) is 2.00. The number of aromatic nitrogens is 1. The van der Waals surface area contributed by atoms with Crippen LogP contribution >= 0.6 is 23.7 Å². The van der Waals surface area contributed by atoms with Gasteiger partial charge in [-0.1, -0.05) is 0 Å². The van der Waals surface area contributed by atoms with Gasteiger partial charge in [0.15, 0.2) is 0 Å². The van der Waals surface area contributed by atoms with E-state index in [-0.39, 0.29) is 12.4 Å². The molecule has 1 aliphatic heterocycles. The lowest BCUT2D eigenvalue weighted by atomic mass is 10.2. The minimum atomic E-state index is 0. The third-order valence-electron chi connectivity index (χ3n) is 2.71. The summed E-state index contributed by atoms with van der Waals surface area (Å²) in [6.45, 7) is 7.12. The molecule has 0 aliphatic carbocycles. The molecule has 1 atom stereocenters. The third-order valence-corrected chi connectivity index (χ3v) is 3.58. The first-order chi connectivity index (χ1) is 7.78. The van der Waals surface area contributed by atoms with Crippen molar-refractivity contribution in [2.45, 2.75) is 26.1 Å². The number of thiazole rings is 1. The van der Waals surface area contributed by atoms with E-state index >= 15 is 0 Å². The van der Waals surface area contributed by atoms with Gasteiger partial charge in [0.1, 0.15) is 5.01 Å². The van der Waals surface area contributed by atoms with Gasteiger partial charge >= 0.3 is 0 Å². The summed E-state index contributed by atoms with van der Waals surface area (Å²) in [5.41, 5.74) is 1.17. The molecule has 2 rings (SSSR count). The molecule has 0 spiro atoms. The molecule has 4 nitrogen and oxygen atoms in total. The van der Waals surface area contributed by atoms with Crippen molar-refractivity contribution in [1.29, 1.82) is 0 Å². The van der Waals surface area contributed by atoms with Crippen molar-refractivity contribution >= 4 is 23.7 Å². The van der Waals surface area contributed by atoms with Crippen molar-refractivity contribution in [2.75, 3.05) is 26.7 Å². The van der Waals surface area contributed by atoms with Gasteiger partial charge in [-0.25, -0.2) is 4.98 Å². The SMILES string of the molecule is COCc1nc(CN2CCN[C@H](C)C2)cs1.Cl. The molecule has 1 aromatic rings. The zero-order valence-electron chi connectivity index (χ0n) is 10.3. The van der Waals surface area contributed by atoms with Crippen LogP contribution in [0.25, 0.3) is 0 Å². The Morgan fingerprint density at radius 1 is 1.65 bits per heavy atom. The topological polar surface area (TPSA) is 37.4 Å². The van der Waals surface area contributed by atoms with E-state index in [9.17, 15) is 0 Å². The van der Waals surface area contributed by atoms with E-state index in [1.165, 1.54) is 5.69 Å². The first-order valence-electron chi connectivity index (χ1n) is 5.66. The van der Waals surface area contributed by atoms with Crippen molar-refractivity contribution in [3.8, 4) is 0 Å². The molecule has 0 saturated carbocycles. The lowest BCUT2D eigenvalue weighted by molar-refractivity contribution is 0.182. The van der Waals surface area contributed by atoms with Crippen molar-refractivity contribution < 1.29 is 4.74 Å². The molecule has 0 amide bonds. The highest BCUT2D eigenvalue weighted by Crippen LogP contribution is 2.13. The van der Waals surface area contributed by atoms with Crippen LogP contribution in [0.4, 0.5) is 0 Å². The Morgan fingerprint density at radius 2 is 2.47 bits per heavy atom. The molecule has 0 unspecified atom stereocenters. The number of hydrogen-bond donors (Lipinski definition) is 1. The molecule has 2 heterocycles. The van der Waals surface area contributed by atoms with Crippen LogP contribution in [0.3, 0.4) is 0 Å². The number of nitrogens with zero attached hydrogens (tertiary/aromatic N) is 2. The van der Waals surface area contributed by atoms with Crippen LogP contribution in [0.5, 0.6) is 0 Å². The standard InChI is InChI=1S/C11H19N3OS.ClH/c1-9-5-14(4-3-12-9)6-10-8-16-11(13-10)7-15-2;/h8-9,12H,3-7H2,1-2H3;1H/t9-;/m1./s1. The molecule has 1 aromatic heterocycles. The maximum Gasteiger partial charge on any atom is 0.119 e. The van der Waals surface area contributed by atoms with Gasteiger partial charge < -0.3 is 10.1 Å². The van der Waals surface area contributed by atoms with E-state index in [1.807, 2.05) is 0 Å². The van der Waals surface area contributed by atoms with Crippen LogP contribution in [0, 0.1) is 0 Å². The zero-order chi connectivity index (χ0) is 11.4. The molecular formula is C11H20ClN3OS.